The quantitative estimate of drug-likeness (QED) is 0.215. The molecule has 0 aliphatic rings. The SMILES string of the molecule is CCCCCCCCCCCCCCCCCC(=O)OCC(C)=O. The van der Waals surface area contributed by atoms with Gasteiger partial charge < -0.3 is 4.74 Å². The number of esters is 1. The lowest BCUT2D eigenvalue weighted by molar-refractivity contribution is -0.147. The Morgan fingerprint density at radius 2 is 1.00 bits per heavy atom. The highest BCUT2D eigenvalue weighted by Gasteiger charge is 2.03. The lowest BCUT2D eigenvalue weighted by Crippen LogP contribution is -2.10. The Bertz CT molecular complexity index is 299. The molecule has 0 saturated carbocycles. The topological polar surface area (TPSA) is 43.4 Å². The molecule has 0 aliphatic heterocycles. The number of unbranched alkanes of at least 4 members (excludes halogenated alkanes) is 14. The van der Waals surface area contributed by atoms with Gasteiger partial charge in [0.1, 0.15) is 6.61 Å². The Balaban J connectivity index is 3.10. The highest BCUT2D eigenvalue weighted by Crippen LogP contribution is 2.13. The smallest absolute Gasteiger partial charge is 0.306 e. The summed E-state index contributed by atoms with van der Waals surface area (Å²) < 4.78 is 4.83. The number of ketones is 1. The fourth-order valence-electron chi connectivity index (χ4n) is 2.89. The van der Waals surface area contributed by atoms with Gasteiger partial charge in [-0.1, -0.05) is 96.8 Å². The van der Waals surface area contributed by atoms with E-state index in [-0.39, 0.29) is 18.4 Å². The molecule has 0 fully saturated rings. The third-order valence-corrected chi connectivity index (χ3v) is 4.42. The summed E-state index contributed by atoms with van der Waals surface area (Å²) in [6.07, 6.45) is 20.2. The molecule has 0 spiro atoms. The lowest BCUT2D eigenvalue weighted by atomic mass is 10.0. The summed E-state index contributed by atoms with van der Waals surface area (Å²) in [6, 6.07) is 0. The minimum Gasteiger partial charge on any atom is -0.458 e. The summed E-state index contributed by atoms with van der Waals surface area (Å²) in [4.78, 5) is 22.0. The van der Waals surface area contributed by atoms with Crippen molar-refractivity contribution in [3.63, 3.8) is 0 Å². The predicted molar refractivity (Wildman–Crippen MR) is 101 cm³/mol. The molecule has 0 unspecified atom stereocenters. The number of carbonyl (C=O) groups is 2. The third-order valence-electron chi connectivity index (χ3n) is 4.42. The second-order valence-electron chi connectivity index (χ2n) is 7.06. The fraction of sp³-hybridized carbons (Fsp3) is 0.905. The van der Waals surface area contributed by atoms with Crippen LogP contribution in [0.1, 0.15) is 117 Å². The van der Waals surface area contributed by atoms with Crippen LogP contribution in [0.3, 0.4) is 0 Å². The van der Waals surface area contributed by atoms with E-state index in [9.17, 15) is 9.59 Å². The average molecular weight is 341 g/mol. The summed E-state index contributed by atoms with van der Waals surface area (Å²) in [5.41, 5.74) is 0. The minimum absolute atomic E-state index is 0.0719. The Hall–Kier alpha value is -0.860. The van der Waals surface area contributed by atoms with Crippen molar-refractivity contribution >= 4 is 11.8 Å². The molecular weight excluding hydrogens is 300 g/mol. The molecule has 142 valence electrons. The van der Waals surface area contributed by atoms with E-state index in [4.69, 9.17) is 4.74 Å². The van der Waals surface area contributed by atoms with Crippen LogP contribution in [-0.4, -0.2) is 18.4 Å². The van der Waals surface area contributed by atoms with Crippen LogP contribution >= 0.6 is 0 Å². The van der Waals surface area contributed by atoms with Crippen LogP contribution in [-0.2, 0) is 14.3 Å². The van der Waals surface area contributed by atoms with Crippen molar-refractivity contribution in [2.45, 2.75) is 117 Å². The Morgan fingerprint density at radius 3 is 1.38 bits per heavy atom. The summed E-state index contributed by atoms with van der Waals surface area (Å²) in [7, 11) is 0. The number of hydrogen-bond donors (Lipinski definition) is 0. The van der Waals surface area contributed by atoms with Gasteiger partial charge in [-0.2, -0.15) is 0 Å². The van der Waals surface area contributed by atoms with Crippen molar-refractivity contribution in [2.75, 3.05) is 6.61 Å². The Kier molecular flexibility index (Phi) is 17.8. The van der Waals surface area contributed by atoms with Gasteiger partial charge in [0.05, 0.1) is 0 Å². The Morgan fingerprint density at radius 1 is 0.625 bits per heavy atom. The Labute approximate surface area is 149 Å². The average Bonchev–Trinajstić information content (AvgIpc) is 2.56. The van der Waals surface area contributed by atoms with E-state index in [0.717, 1.165) is 12.8 Å². The zero-order valence-corrected chi connectivity index (χ0v) is 16.2. The van der Waals surface area contributed by atoms with Gasteiger partial charge in [-0.05, 0) is 13.3 Å². The van der Waals surface area contributed by atoms with Gasteiger partial charge in [0, 0.05) is 6.42 Å². The molecule has 3 nitrogen and oxygen atoms in total. The molecule has 0 heterocycles. The highest BCUT2D eigenvalue weighted by molar-refractivity contribution is 5.80. The molecule has 3 heteroatoms. The molecule has 24 heavy (non-hydrogen) atoms. The van der Waals surface area contributed by atoms with Gasteiger partial charge in [-0.3, -0.25) is 9.59 Å². The first-order chi connectivity index (χ1) is 11.7. The zero-order chi connectivity index (χ0) is 17.9. The number of rotatable bonds is 18. The molecule has 0 aromatic heterocycles. The van der Waals surface area contributed by atoms with Crippen LogP contribution < -0.4 is 0 Å². The predicted octanol–water partition coefficient (Wildman–Crippen LogP) is 6.38. The molecule has 0 aromatic rings. The first-order valence-electron chi connectivity index (χ1n) is 10.3. The van der Waals surface area contributed by atoms with Crippen LogP contribution in [0.2, 0.25) is 0 Å². The largest absolute Gasteiger partial charge is 0.458 e. The van der Waals surface area contributed by atoms with Crippen LogP contribution in [0, 0.1) is 0 Å². The van der Waals surface area contributed by atoms with E-state index in [2.05, 4.69) is 6.92 Å². The summed E-state index contributed by atoms with van der Waals surface area (Å²) in [6.45, 7) is 3.63. The number of carbonyl (C=O) groups excluding carboxylic acids is 2. The molecule has 0 N–H and O–H groups in total. The van der Waals surface area contributed by atoms with Crippen molar-refractivity contribution in [2.24, 2.45) is 0 Å². The standard InChI is InChI=1S/C21H40O3/c1-3-4-5-6-7-8-9-10-11-12-13-14-15-16-17-18-21(23)24-19-20(2)22/h3-19H2,1-2H3. The van der Waals surface area contributed by atoms with Gasteiger partial charge in [0.15, 0.2) is 5.78 Å². The second kappa shape index (κ2) is 18.5. The first kappa shape index (κ1) is 23.1. The molecular formula is C21H40O3. The normalized spacial score (nSPS) is 10.8. The van der Waals surface area contributed by atoms with Crippen molar-refractivity contribution in [3.8, 4) is 0 Å². The van der Waals surface area contributed by atoms with E-state index in [1.54, 1.807) is 0 Å². The summed E-state index contributed by atoms with van der Waals surface area (Å²) >= 11 is 0. The molecule has 0 aromatic carbocycles. The molecule has 0 rings (SSSR count). The molecule has 0 bridgehead atoms. The van der Waals surface area contributed by atoms with Crippen molar-refractivity contribution in [3.05, 3.63) is 0 Å². The third kappa shape index (κ3) is 19.2. The molecule has 0 atom stereocenters. The van der Waals surface area contributed by atoms with Gasteiger partial charge in [0.25, 0.3) is 0 Å². The maximum absolute atomic E-state index is 11.3. The van der Waals surface area contributed by atoms with Crippen molar-refractivity contribution in [1.82, 2.24) is 0 Å². The van der Waals surface area contributed by atoms with E-state index >= 15 is 0 Å². The van der Waals surface area contributed by atoms with E-state index < -0.39 is 0 Å². The molecule has 0 aliphatic carbocycles. The highest BCUT2D eigenvalue weighted by atomic mass is 16.5. The van der Waals surface area contributed by atoms with Gasteiger partial charge >= 0.3 is 5.97 Å². The molecule has 0 saturated heterocycles. The summed E-state index contributed by atoms with van der Waals surface area (Å²) in [5.74, 6) is -0.334. The first-order valence-corrected chi connectivity index (χ1v) is 10.3. The van der Waals surface area contributed by atoms with Gasteiger partial charge in [-0.25, -0.2) is 0 Å². The lowest BCUT2D eigenvalue weighted by Gasteiger charge is -2.04. The summed E-state index contributed by atoms with van der Waals surface area (Å²) in [5, 5.41) is 0. The number of hydrogen-bond acceptors (Lipinski definition) is 3. The second-order valence-corrected chi connectivity index (χ2v) is 7.06. The van der Waals surface area contributed by atoms with Crippen LogP contribution in [0.25, 0.3) is 0 Å². The van der Waals surface area contributed by atoms with Crippen LogP contribution in [0.15, 0.2) is 0 Å². The minimum atomic E-state index is -0.236. The van der Waals surface area contributed by atoms with Gasteiger partial charge in [0.2, 0.25) is 0 Å². The number of Topliss-reactive ketones (excluding diaryl/α,β-unsaturated/α-hetero) is 1. The maximum Gasteiger partial charge on any atom is 0.306 e. The number of ether oxygens (including phenoxy) is 1. The van der Waals surface area contributed by atoms with Crippen LogP contribution in [0.5, 0.6) is 0 Å². The molecule has 0 radical (unpaired) electrons. The fourth-order valence-corrected chi connectivity index (χ4v) is 2.89. The van der Waals surface area contributed by atoms with E-state index in [1.165, 1.54) is 90.4 Å². The van der Waals surface area contributed by atoms with Crippen molar-refractivity contribution < 1.29 is 14.3 Å². The molecule has 0 amide bonds. The van der Waals surface area contributed by atoms with E-state index in [1.807, 2.05) is 0 Å². The van der Waals surface area contributed by atoms with Gasteiger partial charge in [-0.15, -0.1) is 0 Å². The monoisotopic (exact) mass is 340 g/mol. The van der Waals surface area contributed by atoms with E-state index in [0.29, 0.717) is 6.42 Å². The maximum atomic E-state index is 11.3. The zero-order valence-electron chi connectivity index (χ0n) is 16.2. The van der Waals surface area contributed by atoms with Crippen LogP contribution in [0.4, 0.5) is 0 Å². The van der Waals surface area contributed by atoms with Crippen molar-refractivity contribution in [1.29, 1.82) is 0 Å².